The lowest BCUT2D eigenvalue weighted by atomic mass is 9.89. The number of imidazole rings is 1. The molecule has 11 nitrogen and oxygen atoms in total. The Bertz CT molecular complexity index is 1340. The molecule has 1 aromatic carbocycles. The molecule has 0 spiro atoms. The molecule has 252 valence electrons. The Balaban J connectivity index is 1.61. The molecule has 12 heteroatoms. The molecule has 0 unspecified atom stereocenters. The number of carbonyl (C=O) groups is 1. The van der Waals surface area contributed by atoms with Gasteiger partial charge >= 0.3 is 0 Å². The highest BCUT2D eigenvalue weighted by atomic mass is 32.2. The van der Waals surface area contributed by atoms with Crippen molar-refractivity contribution in [1.29, 1.82) is 0 Å². The van der Waals surface area contributed by atoms with Crippen LogP contribution in [-0.4, -0.2) is 96.9 Å². The van der Waals surface area contributed by atoms with Gasteiger partial charge in [0.15, 0.2) is 5.03 Å². The van der Waals surface area contributed by atoms with Crippen LogP contribution in [0.2, 0.25) is 0 Å². The average molecular weight is 648 g/mol. The SMILES string of the molecule is C[C@H]1CCCCO[C@H](CN(C)CC2CCCCC2)[C@@H](C)CN([C@@H](C)CO)C(=O)c2cc(NS(=O)(=O)c3cn(C)cn3)ccc2O1. The number of nitrogens with zero attached hydrogens (tertiary/aromatic N) is 4. The zero-order valence-electron chi connectivity index (χ0n) is 27.7. The number of amides is 1. The number of hydrogen-bond donors (Lipinski definition) is 2. The van der Waals surface area contributed by atoms with E-state index in [1.165, 1.54) is 50.7 Å². The second kappa shape index (κ2) is 16.2. The van der Waals surface area contributed by atoms with Gasteiger partial charge in [-0.05, 0) is 77.1 Å². The van der Waals surface area contributed by atoms with Crippen LogP contribution in [0.5, 0.6) is 5.75 Å². The van der Waals surface area contributed by atoms with E-state index in [0.29, 0.717) is 24.8 Å². The predicted molar refractivity (Wildman–Crippen MR) is 175 cm³/mol. The van der Waals surface area contributed by atoms with Crippen LogP contribution in [0.15, 0.2) is 35.7 Å². The normalized spacial score (nSPS) is 23.7. The van der Waals surface area contributed by atoms with E-state index in [-0.39, 0.29) is 46.9 Å². The fraction of sp³-hybridized carbons (Fsp3) is 0.697. The number of aliphatic hydroxyl groups is 1. The summed E-state index contributed by atoms with van der Waals surface area (Å²) in [6.45, 7) is 8.48. The lowest BCUT2D eigenvalue weighted by Gasteiger charge is -2.36. The third-order valence-electron chi connectivity index (χ3n) is 9.05. The van der Waals surface area contributed by atoms with Crippen LogP contribution in [0.25, 0.3) is 0 Å². The van der Waals surface area contributed by atoms with Crippen molar-refractivity contribution in [1.82, 2.24) is 19.4 Å². The minimum Gasteiger partial charge on any atom is -0.490 e. The van der Waals surface area contributed by atoms with Crippen molar-refractivity contribution < 1.29 is 27.8 Å². The van der Waals surface area contributed by atoms with Gasteiger partial charge in [0.05, 0.1) is 36.7 Å². The van der Waals surface area contributed by atoms with Gasteiger partial charge < -0.3 is 28.9 Å². The molecule has 2 N–H and O–H groups in total. The second-order valence-corrected chi connectivity index (χ2v) is 14.8. The minimum absolute atomic E-state index is 0.0196. The van der Waals surface area contributed by atoms with Gasteiger partial charge in [-0.3, -0.25) is 9.52 Å². The van der Waals surface area contributed by atoms with Gasteiger partial charge in [-0.25, -0.2) is 4.98 Å². The number of likely N-dealkylation sites (N-methyl/N-ethyl adjacent to an activating group) is 1. The lowest BCUT2D eigenvalue weighted by molar-refractivity contribution is -0.0190. The lowest BCUT2D eigenvalue weighted by Crippen LogP contribution is -2.47. The number of hydrogen-bond acceptors (Lipinski definition) is 8. The molecule has 1 saturated carbocycles. The standard InChI is InChI=1S/C33H53N5O6S/c1-24-18-38(25(2)22-39)33(40)29-17-28(35-45(41,42)32-21-37(5)23-34-32)14-15-30(29)44-26(3)11-9-10-16-43-31(24)20-36(4)19-27-12-7-6-8-13-27/h14-15,17,21,23-27,31,35,39H,6-13,16,18-20,22H2,1-5H3/t24-,25-,26-,31+/m0/s1. The van der Waals surface area contributed by atoms with E-state index in [9.17, 15) is 18.3 Å². The van der Waals surface area contributed by atoms with Crippen molar-refractivity contribution in [3.8, 4) is 5.75 Å². The van der Waals surface area contributed by atoms with Crippen molar-refractivity contribution in [2.24, 2.45) is 18.9 Å². The van der Waals surface area contributed by atoms with Crippen LogP contribution in [0.1, 0.15) is 82.5 Å². The summed E-state index contributed by atoms with van der Waals surface area (Å²) in [5.41, 5.74) is 0.458. The number of anilines is 1. The number of ether oxygens (including phenoxy) is 2. The Kier molecular flexibility index (Phi) is 12.7. The molecule has 1 aliphatic heterocycles. The number of aromatic nitrogens is 2. The van der Waals surface area contributed by atoms with Crippen LogP contribution in [0.3, 0.4) is 0 Å². The van der Waals surface area contributed by atoms with Crippen molar-refractivity contribution in [2.75, 3.05) is 44.6 Å². The largest absolute Gasteiger partial charge is 0.490 e. The number of nitrogens with one attached hydrogen (secondary N) is 1. The van der Waals surface area contributed by atoms with Crippen molar-refractivity contribution in [2.45, 2.75) is 95.4 Å². The van der Waals surface area contributed by atoms with E-state index in [1.807, 2.05) is 13.8 Å². The maximum Gasteiger partial charge on any atom is 0.280 e. The van der Waals surface area contributed by atoms with Gasteiger partial charge in [0, 0.05) is 51.1 Å². The first-order valence-electron chi connectivity index (χ1n) is 16.5. The maximum atomic E-state index is 14.3. The third-order valence-corrected chi connectivity index (χ3v) is 10.3. The Morgan fingerprint density at radius 2 is 1.84 bits per heavy atom. The fourth-order valence-electron chi connectivity index (χ4n) is 6.38. The smallest absolute Gasteiger partial charge is 0.280 e. The monoisotopic (exact) mass is 647 g/mol. The summed E-state index contributed by atoms with van der Waals surface area (Å²) in [7, 11) is -0.121. The minimum atomic E-state index is -3.98. The van der Waals surface area contributed by atoms with E-state index in [1.54, 1.807) is 28.6 Å². The molecule has 0 radical (unpaired) electrons. The van der Waals surface area contributed by atoms with Crippen LogP contribution in [0, 0.1) is 11.8 Å². The first kappa shape index (κ1) is 35.2. The number of sulfonamides is 1. The van der Waals surface area contributed by atoms with Crippen LogP contribution >= 0.6 is 0 Å². The summed E-state index contributed by atoms with van der Waals surface area (Å²) in [5.74, 6) is 0.741. The van der Waals surface area contributed by atoms with Crippen LogP contribution in [0.4, 0.5) is 5.69 Å². The summed E-state index contributed by atoms with van der Waals surface area (Å²) in [6, 6.07) is 4.28. The number of aryl methyl sites for hydroxylation is 1. The molecule has 1 fully saturated rings. The van der Waals surface area contributed by atoms with Gasteiger partial charge in [-0.15, -0.1) is 0 Å². The van der Waals surface area contributed by atoms with Gasteiger partial charge in [-0.1, -0.05) is 26.2 Å². The predicted octanol–water partition coefficient (Wildman–Crippen LogP) is 4.53. The highest BCUT2D eigenvalue weighted by Crippen LogP contribution is 2.30. The van der Waals surface area contributed by atoms with Crippen molar-refractivity contribution in [3.05, 3.63) is 36.3 Å². The number of aliphatic hydroxyl groups excluding tert-OH is 1. The molecule has 1 aliphatic carbocycles. The summed E-state index contributed by atoms with van der Waals surface area (Å²) >= 11 is 0. The summed E-state index contributed by atoms with van der Waals surface area (Å²) in [4.78, 5) is 22.3. The van der Waals surface area contributed by atoms with Crippen LogP contribution < -0.4 is 9.46 Å². The molecular weight excluding hydrogens is 594 g/mol. The number of rotatable bonds is 9. The summed E-state index contributed by atoms with van der Waals surface area (Å²) < 4.78 is 43.0. The van der Waals surface area contributed by atoms with E-state index in [2.05, 4.69) is 28.6 Å². The molecule has 0 bridgehead atoms. The zero-order chi connectivity index (χ0) is 32.6. The van der Waals surface area contributed by atoms with E-state index < -0.39 is 16.1 Å². The molecule has 0 saturated heterocycles. The Labute approximate surface area is 269 Å². The number of fused-ring (bicyclic) bond motifs is 1. The van der Waals surface area contributed by atoms with Gasteiger partial charge in [0.25, 0.3) is 15.9 Å². The Morgan fingerprint density at radius 3 is 2.53 bits per heavy atom. The van der Waals surface area contributed by atoms with Crippen molar-refractivity contribution in [3.63, 3.8) is 0 Å². The van der Waals surface area contributed by atoms with Gasteiger partial charge in [0.2, 0.25) is 0 Å². The molecule has 2 aliphatic rings. The highest BCUT2D eigenvalue weighted by Gasteiger charge is 2.31. The topological polar surface area (TPSA) is 126 Å². The van der Waals surface area contributed by atoms with E-state index >= 15 is 0 Å². The first-order chi connectivity index (χ1) is 21.5. The van der Waals surface area contributed by atoms with Gasteiger partial charge in [-0.2, -0.15) is 8.42 Å². The highest BCUT2D eigenvalue weighted by molar-refractivity contribution is 7.92. The summed E-state index contributed by atoms with van der Waals surface area (Å²) in [5, 5.41) is 10.1. The summed E-state index contributed by atoms with van der Waals surface area (Å²) in [6.07, 6.45) is 11.7. The fourth-order valence-corrected chi connectivity index (χ4v) is 7.41. The Morgan fingerprint density at radius 1 is 1.11 bits per heavy atom. The molecule has 4 atom stereocenters. The molecule has 45 heavy (non-hydrogen) atoms. The number of carbonyl (C=O) groups excluding carboxylic acids is 1. The molecule has 4 rings (SSSR count). The Hall–Kier alpha value is -2.67. The third kappa shape index (κ3) is 9.91. The zero-order valence-corrected chi connectivity index (χ0v) is 28.5. The molecular formula is C33H53N5O6S. The van der Waals surface area contributed by atoms with E-state index in [4.69, 9.17) is 9.47 Å². The maximum absolute atomic E-state index is 14.3. The first-order valence-corrected chi connectivity index (χ1v) is 18.0. The molecule has 1 aromatic heterocycles. The van der Waals surface area contributed by atoms with Crippen molar-refractivity contribution >= 4 is 21.6 Å². The molecule has 1 amide bonds. The van der Waals surface area contributed by atoms with Gasteiger partial charge in [0.1, 0.15) is 5.75 Å². The van der Waals surface area contributed by atoms with E-state index in [0.717, 1.165) is 32.4 Å². The molecule has 2 heterocycles. The quantitative estimate of drug-likeness (QED) is 0.407. The molecule has 2 aromatic rings. The van der Waals surface area contributed by atoms with Crippen LogP contribution in [-0.2, 0) is 21.8 Å². The number of benzene rings is 1. The second-order valence-electron chi connectivity index (χ2n) is 13.2. The average Bonchev–Trinajstić information content (AvgIpc) is 3.46.